The maximum absolute atomic E-state index is 12.0. The number of aliphatic hydroxyl groups excluding tert-OH is 1. The molecule has 0 bridgehead atoms. The summed E-state index contributed by atoms with van der Waals surface area (Å²) in [5.41, 5.74) is 1.20. The zero-order chi connectivity index (χ0) is 12.8. The van der Waals surface area contributed by atoms with Crippen molar-refractivity contribution in [2.45, 2.75) is 39.3 Å². The molecule has 1 heterocycles. The fourth-order valence-corrected chi connectivity index (χ4v) is 2.11. The van der Waals surface area contributed by atoms with Crippen molar-refractivity contribution in [1.82, 2.24) is 15.1 Å². The Morgan fingerprint density at radius 2 is 2.29 bits per heavy atom. The molecular formula is C12H19N3O2. The van der Waals surface area contributed by atoms with Crippen LogP contribution >= 0.6 is 0 Å². The minimum Gasteiger partial charge on any atom is -0.392 e. The molecule has 0 aromatic carbocycles. The van der Waals surface area contributed by atoms with E-state index in [1.165, 1.54) is 0 Å². The largest absolute Gasteiger partial charge is 0.392 e. The van der Waals surface area contributed by atoms with E-state index in [-0.39, 0.29) is 23.5 Å². The first kappa shape index (κ1) is 12.1. The Balaban J connectivity index is 2.06. The number of rotatable bonds is 2. The third-order valence-electron chi connectivity index (χ3n) is 4.00. The van der Waals surface area contributed by atoms with Crippen LogP contribution in [0.5, 0.6) is 0 Å². The number of carbonyl (C=O) groups excluding carboxylic acids is 1. The van der Waals surface area contributed by atoms with E-state index in [9.17, 15) is 9.90 Å². The maximum Gasteiger partial charge on any atom is 0.254 e. The number of hydrogen-bond acceptors (Lipinski definition) is 3. The molecule has 1 aromatic heterocycles. The van der Waals surface area contributed by atoms with E-state index >= 15 is 0 Å². The molecule has 2 atom stereocenters. The van der Waals surface area contributed by atoms with Crippen LogP contribution in [0.4, 0.5) is 0 Å². The minimum absolute atomic E-state index is 0.0320. The predicted molar refractivity (Wildman–Crippen MR) is 63.6 cm³/mol. The van der Waals surface area contributed by atoms with Gasteiger partial charge in [-0.3, -0.25) is 9.48 Å². The maximum atomic E-state index is 12.0. The van der Waals surface area contributed by atoms with E-state index in [2.05, 4.69) is 10.4 Å². The van der Waals surface area contributed by atoms with Crippen molar-refractivity contribution in [2.24, 2.45) is 12.5 Å². The second-order valence-electron chi connectivity index (χ2n) is 5.37. The van der Waals surface area contributed by atoms with Gasteiger partial charge in [-0.15, -0.1) is 0 Å². The summed E-state index contributed by atoms with van der Waals surface area (Å²) >= 11 is 0. The topological polar surface area (TPSA) is 67.2 Å². The molecule has 1 aliphatic carbocycles. The Labute approximate surface area is 101 Å². The van der Waals surface area contributed by atoms with Crippen LogP contribution in [0, 0.1) is 12.3 Å². The first-order chi connectivity index (χ1) is 7.84. The average molecular weight is 237 g/mol. The molecule has 0 spiro atoms. The summed E-state index contributed by atoms with van der Waals surface area (Å²) < 4.78 is 1.68. The molecule has 1 fully saturated rings. The highest BCUT2D eigenvalue weighted by molar-refractivity contribution is 5.95. The van der Waals surface area contributed by atoms with E-state index in [1.807, 2.05) is 27.8 Å². The summed E-state index contributed by atoms with van der Waals surface area (Å²) in [6, 6.07) is 0.0320. The summed E-state index contributed by atoms with van der Waals surface area (Å²) in [6.45, 7) is 5.78. The van der Waals surface area contributed by atoms with Crippen LogP contribution in [0.1, 0.15) is 36.3 Å². The zero-order valence-electron chi connectivity index (χ0n) is 10.7. The second-order valence-corrected chi connectivity index (χ2v) is 5.37. The van der Waals surface area contributed by atoms with Gasteiger partial charge in [-0.25, -0.2) is 0 Å². The third-order valence-corrected chi connectivity index (χ3v) is 4.00. The molecule has 2 N–H and O–H groups in total. The third kappa shape index (κ3) is 1.84. The van der Waals surface area contributed by atoms with Crippen molar-refractivity contribution >= 4 is 5.91 Å². The van der Waals surface area contributed by atoms with Crippen molar-refractivity contribution in [3.05, 3.63) is 17.5 Å². The van der Waals surface area contributed by atoms with Crippen LogP contribution in [0.3, 0.4) is 0 Å². The molecule has 1 aliphatic rings. The van der Waals surface area contributed by atoms with Crippen molar-refractivity contribution in [3.8, 4) is 0 Å². The number of carbonyl (C=O) groups is 1. The second kappa shape index (κ2) is 3.84. The Morgan fingerprint density at radius 1 is 1.65 bits per heavy atom. The number of nitrogens with one attached hydrogen (secondary N) is 1. The first-order valence-corrected chi connectivity index (χ1v) is 5.81. The number of nitrogens with zero attached hydrogens (tertiary/aromatic N) is 2. The lowest BCUT2D eigenvalue weighted by atomic mass is 9.64. The van der Waals surface area contributed by atoms with Crippen molar-refractivity contribution < 1.29 is 9.90 Å². The molecule has 1 saturated carbocycles. The molecule has 0 radical (unpaired) electrons. The first-order valence-electron chi connectivity index (χ1n) is 5.81. The van der Waals surface area contributed by atoms with Gasteiger partial charge in [-0.1, -0.05) is 13.8 Å². The molecule has 0 saturated heterocycles. The fraction of sp³-hybridized carbons (Fsp3) is 0.667. The van der Waals surface area contributed by atoms with E-state index in [1.54, 1.807) is 10.9 Å². The Bertz CT molecular complexity index is 451. The predicted octanol–water partition coefficient (Wildman–Crippen LogP) is 0.618. The van der Waals surface area contributed by atoms with Gasteiger partial charge in [0.2, 0.25) is 0 Å². The molecule has 94 valence electrons. The molecule has 2 unspecified atom stereocenters. The van der Waals surface area contributed by atoms with Gasteiger partial charge in [-0.2, -0.15) is 5.10 Å². The number of aryl methyl sites for hydroxylation is 1. The van der Waals surface area contributed by atoms with Crippen LogP contribution in [0.25, 0.3) is 0 Å². The number of hydrogen-bond donors (Lipinski definition) is 2. The van der Waals surface area contributed by atoms with Gasteiger partial charge in [0.1, 0.15) is 0 Å². The smallest absolute Gasteiger partial charge is 0.254 e. The summed E-state index contributed by atoms with van der Waals surface area (Å²) in [7, 11) is 1.81. The van der Waals surface area contributed by atoms with E-state index < -0.39 is 0 Å². The fourth-order valence-electron chi connectivity index (χ4n) is 2.11. The summed E-state index contributed by atoms with van der Waals surface area (Å²) in [4.78, 5) is 12.0. The summed E-state index contributed by atoms with van der Waals surface area (Å²) in [6.07, 6.45) is 1.87. The van der Waals surface area contributed by atoms with Crippen molar-refractivity contribution in [3.63, 3.8) is 0 Å². The molecule has 0 aliphatic heterocycles. The van der Waals surface area contributed by atoms with Crippen molar-refractivity contribution in [2.75, 3.05) is 0 Å². The van der Waals surface area contributed by atoms with Gasteiger partial charge in [0.15, 0.2) is 0 Å². The van der Waals surface area contributed by atoms with Crippen LogP contribution in [0.2, 0.25) is 0 Å². The van der Waals surface area contributed by atoms with Gasteiger partial charge in [0, 0.05) is 24.2 Å². The van der Waals surface area contributed by atoms with Gasteiger partial charge < -0.3 is 10.4 Å². The van der Waals surface area contributed by atoms with Gasteiger partial charge in [0.05, 0.1) is 17.9 Å². The lowest BCUT2D eigenvalue weighted by molar-refractivity contribution is -0.0689. The van der Waals surface area contributed by atoms with Crippen molar-refractivity contribution in [1.29, 1.82) is 0 Å². The van der Waals surface area contributed by atoms with E-state index in [0.29, 0.717) is 12.0 Å². The Hall–Kier alpha value is -1.36. The van der Waals surface area contributed by atoms with Gasteiger partial charge in [0.25, 0.3) is 5.91 Å². The highest BCUT2D eigenvalue weighted by Gasteiger charge is 2.48. The summed E-state index contributed by atoms with van der Waals surface area (Å²) in [5.74, 6) is -0.111. The average Bonchev–Trinajstić information content (AvgIpc) is 2.59. The Kier molecular flexibility index (Phi) is 2.73. The quantitative estimate of drug-likeness (QED) is 0.792. The van der Waals surface area contributed by atoms with E-state index in [0.717, 1.165) is 5.69 Å². The molecular weight excluding hydrogens is 218 g/mol. The van der Waals surface area contributed by atoms with Crippen LogP contribution in [-0.2, 0) is 7.05 Å². The minimum atomic E-state index is -0.331. The van der Waals surface area contributed by atoms with Gasteiger partial charge >= 0.3 is 0 Å². The highest BCUT2D eigenvalue weighted by Crippen LogP contribution is 2.40. The van der Waals surface area contributed by atoms with Crippen LogP contribution < -0.4 is 5.32 Å². The molecule has 1 amide bonds. The number of aromatic nitrogens is 2. The SMILES string of the molecule is Cc1c(C(=O)NC2CC(O)C2(C)C)cnn1C. The monoisotopic (exact) mass is 237 g/mol. The molecule has 2 rings (SSSR count). The highest BCUT2D eigenvalue weighted by atomic mass is 16.3. The van der Waals surface area contributed by atoms with E-state index in [4.69, 9.17) is 0 Å². The van der Waals surface area contributed by atoms with Crippen LogP contribution in [0.15, 0.2) is 6.20 Å². The Morgan fingerprint density at radius 3 is 2.71 bits per heavy atom. The lowest BCUT2D eigenvalue weighted by Gasteiger charge is -2.49. The molecule has 5 nitrogen and oxygen atoms in total. The lowest BCUT2D eigenvalue weighted by Crippen LogP contribution is -2.61. The molecule has 17 heavy (non-hydrogen) atoms. The number of amides is 1. The van der Waals surface area contributed by atoms with Gasteiger partial charge in [-0.05, 0) is 13.3 Å². The molecule has 5 heteroatoms. The molecule has 1 aromatic rings. The normalized spacial score (nSPS) is 26.4. The zero-order valence-corrected chi connectivity index (χ0v) is 10.7. The number of aliphatic hydroxyl groups is 1. The van der Waals surface area contributed by atoms with Crippen LogP contribution in [-0.4, -0.2) is 32.9 Å². The summed E-state index contributed by atoms with van der Waals surface area (Å²) in [5, 5.41) is 16.6. The standard InChI is InChI=1S/C12H19N3O2/c1-7-8(6-13-15(7)4)11(17)14-9-5-10(16)12(9,2)3/h6,9-10,16H,5H2,1-4H3,(H,14,17).